The van der Waals surface area contributed by atoms with Crippen LogP contribution in [-0.4, -0.2) is 31.4 Å². The number of rotatable bonds is 7. The molecule has 0 heterocycles. The van der Waals surface area contributed by atoms with Gasteiger partial charge in [0, 0.05) is 13.1 Å². The molecule has 0 aliphatic carbocycles. The fraction of sp³-hybridized carbons (Fsp3) is 0.818. The Morgan fingerprint density at radius 3 is 2.31 bits per heavy atom. The van der Waals surface area contributed by atoms with Gasteiger partial charge in [-0.15, -0.1) is 0 Å². The number of hydrogen-bond donors (Lipinski definition) is 3. The van der Waals surface area contributed by atoms with E-state index in [-0.39, 0.29) is 24.9 Å². The van der Waals surface area contributed by atoms with E-state index in [1.54, 1.807) is 6.92 Å². The first-order valence-corrected chi connectivity index (χ1v) is 5.75. The normalized spacial score (nSPS) is 14.0. The van der Waals surface area contributed by atoms with E-state index in [2.05, 4.69) is 10.6 Å². The van der Waals surface area contributed by atoms with Gasteiger partial charge in [-0.05, 0) is 19.8 Å². The van der Waals surface area contributed by atoms with Crippen molar-refractivity contribution in [1.29, 1.82) is 0 Å². The SMILES string of the molecule is CCCNC(=O)CNC(=O)C(C)(CC)CN. The second kappa shape index (κ2) is 7.22. The summed E-state index contributed by atoms with van der Waals surface area (Å²) in [6.45, 7) is 6.62. The van der Waals surface area contributed by atoms with Gasteiger partial charge in [-0.1, -0.05) is 13.8 Å². The van der Waals surface area contributed by atoms with Crippen molar-refractivity contribution in [2.45, 2.75) is 33.6 Å². The zero-order valence-electron chi connectivity index (χ0n) is 10.4. The number of carbonyl (C=O) groups excluding carboxylic acids is 2. The molecular weight excluding hydrogens is 206 g/mol. The smallest absolute Gasteiger partial charge is 0.239 e. The van der Waals surface area contributed by atoms with E-state index < -0.39 is 5.41 Å². The summed E-state index contributed by atoms with van der Waals surface area (Å²) in [4.78, 5) is 23.0. The Morgan fingerprint density at radius 2 is 1.88 bits per heavy atom. The van der Waals surface area contributed by atoms with Crippen molar-refractivity contribution >= 4 is 11.8 Å². The maximum absolute atomic E-state index is 11.7. The van der Waals surface area contributed by atoms with E-state index in [1.165, 1.54) is 0 Å². The van der Waals surface area contributed by atoms with Gasteiger partial charge in [-0.3, -0.25) is 9.59 Å². The Morgan fingerprint density at radius 1 is 1.25 bits per heavy atom. The standard InChI is InChI=1S/C11H23N3O2/c1-4-6-13-9(15)7-14-10(16)11(3,5-2)8-12/h4-8,12H2,1-3H3,(H,13,15)(H,14,16). The van der Waals surface area contributed by atoms with Crippen LogP contribution in [0.3, 0.4) is 0 Å². The van der Waals surface area contributed by atoms with Crippen LogP contribution in [0.25, 0.3) is 0 Å². The first-order valence-electron chi connectivity index (χ1n) is 5.75. The van der Waals surface area contributed by atoms with E-state index in [9.17, 15) is 9.59 Å². The molecule has 0 saturated heterocycles. The summed E-state index contributed by atoms with van der Waals surface area (Å²) in [5.74, 6) is -0.324. The van der Waals surface area contributed by atoms with Gasteiger partial charge in [0.25, 0.3) is 0 Å². The molecule has 2 amide bonds. The first-order chi connectivity index (χ1) is 7.50. The summed E-state index contributed by atoms with van der Waals surface area (Å²) < 4.78 is 0. The zero-order chi connectivity index (χ0) is 12.6. The highest BCUT2D eigenvalue weighted by atomic mass is 16.2. The lowest BCUT2D eigenvalue weighted by molar-refractivity contribution is -0.132. The van der Waals surface area contributed by atoms with Crippen LogP contribution in [0.2, 0.25) is 0 Å². The molecule has 0 saturated carbocycles. The fourth-order valence-electron chi connectivity index (χ4n) is 1.10. The van der Waals surface area contributed by atoms with Crippen molar-refractivity contribution in [2.75, 3.05) is 19.6 Å². The minimum atomic E-state index is -0.578. The molecule has 0 aromatic rings. The summed E-state index contributed by atoms with van der Waals surface area (Å²) in [7, 11) is 0. The highest BCUT2D eigenvalue weighted by Gasteiger charge is 2.29. The molecule has 0 rings (SSSR count). The fourth-order valence-corrected chi connectivity index (χ4v) is 1.10. The molecule has 0 aromatic carbocycles. The van der Waals surface area contributed by atoms with Crippen molar-refractivity contribution in [3.05, 3.63) is 0 Å². The van der Waals surface area contributed by atoms with Gasteiger partial charge in [0.2, 0.25) is 11.8 Å². The molecule has 16 heavy (non-hydrogen) atoms. The highest BCUT2D eigenvalue weighted by Crippen LogP contribution is 2.18. The minimum Gasteiger partial charge on any atom is -0.355 e. The van der Waals surface area contributed by atoms with E-state index >= 15 is 0 Å². The van der Waals surface area contributed by atoms with Gasteiger partial charge in [-0.25, -0.2) is 0 Å². The molecule has 1 unspecified atom stereocenters. The third-order valence-corrected chi connectivity index (χ3v) is 2.76. The topological polar surface area (TPSA) is 84.2 Å². The minimum absolute atomic E-state index is 0.0222. The van der Waals surface area contributed by atoms with Crippen molar-refractivity contribution in [3.8, 4) is 0 Å². The Bertz CT molecular complexity index is 237. The molecule has 0 radical (unpaired) electrons. The Hall–Kier alpha value is -1.10. The summed E-state index contributed by atoms with van der Waals surface area (Å²) in [6.07, 6.45) is 1.54. The van der Waals surface area contributed by atoms with E-state index in [4.69, 9.17) is 5.73 Å². The van der Waals surface area contributed by atoms with E-state index in [1.807, 2.05) is 13.8 Å². The summed E-state index contributed by atoms with van der Waals surface area (Å²) >= 11 is 0. The largest absolute Gasteiger partial charge is 0.355 e. The molecule has 0 aliphatic heterocycles. The van der Waals surface area contributed by atoms with Crippen LogP contribution in [0.4, 0.5) is 0 Å². The molecule has 0 spiro atoms. The number of nitrogens with two attached hydrogens (primary N) is 1. The molecule has 1 atom stereocenters. The molecule has 0 aromatic heterocycles. The van der Waals surface area contributed by atoms with Crippen LogP contribution in [0, 0.1) is 5.41 Å². The molecule has 0 aliphatic rings. The van der Waals surface area contributed by atoms with Gasteiger partial charge in [-0.2, -0.15) is 0 Å². The van der Waals surface area contributed by atoms with Crippen LogP contribution in [-0.2, 0) is 9.59 Å². The number of hydrogen-bond acceptors (Lipinski definition) is 3. The lowest BCUT2D eigenvalue weighted by atomic mass is 9.87. The number of nitrogens with one attached hydrogen (secondary N) is 2. The van der Waals surface area contributed by atoms with Crippen molar-refractivity contribution in [2.24, 2.45) is 11.1 Å². The monoisotopic (exact) mass is 229 g/mol. The molecule has 5 heteroatoms. The average Bonchev–Trinajstić information content (AvgIpc) is 2.32. The second-order valence-corrected chi connectivity index (χ2v) is 4.15. The second-order valence-electron chi connectivity index (χ2n) is 4.15. The van der Waals surface area contributed by atoms with Crippen LogP contribution >= 0.6 is 0 Å². The molecule has 0 bridgehead atoms. The molecule has 0 fully saturated rings. The van der Waals surface area contributed by atoms with Crippen molar-refractivity contribution in [3.63, 3.8) is 0 Å². The van der Waals surface area contributed by atoms with Gasteiger partial charge < -0.3 is 16.4 Å². The predicted octanol–water partition coefficient (Wildman–Crippen LogP) is 0.00380. The van der Waals surface area contributed by atoms with Crippen molar-refractivity contribution in [1.82, 2.24) is 10.6 Å². The summed E-state index contributed by atoms with van der Waals surface area (Å²) in [6, 6.07) is 0. The lowest BCUT2D eigenvalue weighted by Crippen LogP contribution is -2.46. The molecule has 5 nitrogen and oxygen atoms in total. The van der Waals surface area contributed by atoms with Crippen LogP contribution in [0.5, 0.6) is 0 Å². The van der Waals surface area contributed by atoms with Gasteiger partial charge in [0.15, 0.2) is 0 Å². The molecule has 4 N–H and O–H groups in total. The number of amides is 2. The first kappa shape index (κ1) is 14.9. The van der Waals surface area contributed by atoms with Crippen LogP contribution in [0.15, 0.2) is 0 Å². The lowest BCUT2D eigenvalue weighted by Gasteiger charge is -2.24. The Labute approximate surface area is 97.2 Å². The Kier molecular flexibility index (Phi) is 6.72. The van der Waals surface area contributed by atoms with E-state index in [0.29, 0.717) is 13.0 Å². The average molecular weight is 229 g/mol. The van der Waals surface area contributed by atoms with Crippen molar-refractivity contribution < 1.29 is 9.59 Å². The van der Waals surface area contributed by atoms with Crippen LogP contribution < -0.4 is 16.4 Å². The van der Waals surface area contributed by atoms with Crippen LogP contribution in [0.1, 0.15) is 33.6 Å². The zero-order valence-corrected chi connectivity index (χ0v) is 10.4. The third kappa shape index (κ3) is 4.61. The third-order valence-electron chi connectivity index (χ3n) is 2.76. The van der Waals surface area contributed by atoms with Gasteiger partial charge >= 0.3 is 0 Å². The molecule has 94 valence electrons. The summed E-state index contributed by atoms with van der Waals surface area (Å²) in [5.41, 5.74) is 4.97. The number of carbonyl (C=O) groups is 2. The maximum Gasteiger partial charge on any atom is 0.239 e. The van der Waals surface area contributed by atoms with Gasteiger partial charge in [0.1, 0.15) is 0 Å². The summed E-state index contributed by atoms with van der Waals surface area (Å²) in [5, 5.41) is 5.29. The Balaban J connectivity index is 4.01. The molecular formula is C11H23N3O2. The quantitative estimate of drug-likeness (QED) is 0.574. The van der Waals surface area contributed by atoms with E-state index in [0.717, 1.165) is 6.42 Å². The predicted molar refractivity (Wildman–Crippen MR) is 63.8 cm³/mol. The highest BCUT2D eigenvalue weighted by molar-refractivity contribution is 5.87. The maximum atomic E-state index is 11.7. The van der Waals surface area contributed by atoms with Gasteiger partial charge in [0.05, 0.1) is 12.0 Å².